The topological polar surface area (TPSA) is 29.3 Å². The maximum atomic E-state index is 6.28. The first-order valence-corrected chi connectivity index (χ1v) is 7.36. The summed E-state index contributed by atoms with van der Waals surface area (Å²) in [4.78, 5) is 2.35. The molecule has 2 N–H and O–H groups in total. The lowest BCUT2D eigenvalue weighted by Gasteiger charge is -2.29. The number of para-hydroxylation sites is 2. The van der Waals surface area contributed by atoms with Crippen LogP contribution in [0, 0.1) is 6.92 Å². The van der Waals surface area contributed by atoms with Gasteiger partial charge >= 0.3 is 0 Å². The highest BCUT2D eigenvalue weighted by Crippen LogP contribution is 2.33. The first kappa shape index (κ1) is 14.6. The number of nitrogens with two attached hydrogens (primary N) is 1. The molecule has 2 heteroatoms. The third-order valence-electron chi connectivity index (χ3n) is 3.79. The van der Waals surface area contributed by atoms with Crippen LogP contribution < -0.4 is 10.6 Å². The van der Waals surface area contributed by atoms with E-state index in [9.17, 15) is 0 Å². The Bertz CT molecular complexity index is 563. The monoisotopic (exact) mass is 268 g/mol. The summed E-state index contributed by atoms with van der Waals surface area (Å²) in [5.74, 6) is 0. The lowest BCUT2D eigenvalue weighted by Crippen LogP contribution is -2.21. The zero-order chi connectivity index (χ0) is 14.5. The van der Waals surface area contributed by atoms with E-state index in [1.165, 1.54) is 22.5 Å². The number of hydrogen-bond acceptors (Lipinski definition) is 2. The van der Waals surface area contributed by atoms with E-state index < -0.39 is 0 Å². The van der Waals surface area contributed by atoms with Gasteiger partial charge in [-0.15, -0.1) is 0 Å². The van der Waals surface area contributed by atoms with Gasteiger partial charge in [0.1, 0.15) is 0 Å². The van der Waals surface area contributed by atoms with Crippen LogP contribution in [0.3, 0.4) is 0 Å². The third kappa shape index (κ3) is 2.86. The van der Waals surface area contributed by atoms with Crippen LogP contribution in [0.2, 0.25) is 0 Å². The van der Waals surface area contributed by atoms with E-state index in [2.05, 4.69) is 74.2 Å². The SMILES string of the molecule is CC[C@H](N)c1ccccc1N(CC)c1ccccc1C. The Balaban J connectivity index is 2.50. The molecule has 0 aliphatic heterocycles. The Morgan fingerprint density at radius 3 is 2.15 bits per heavy atom. The Morgan fingerprint density at radius 2 is 1.55 bits per heavy atom. The summed E-state index contributed by atoms with van der Waals surface area (Å²) in [6.07, 6.45) is 0.947. The molecule has 0 aliphatic carbocycles. The highest BCUT2D eigenvalue weighted by Gasteiger charge is 2.16. The Hall–Kier alpha value is -1.80. The number of benzene rings is 2. The lowest BCUT2D eigenvalue weighted by molar-refractivity contribution is 0.697. The molecule has 20 heavy (non-hydrogen) atoms. The zero-order valence-electron chi connectivity index (χ0n) is 12.6. The highest BCUT2D eigenvalue weighted by molar-refractivity contribution is 5.69. The van der Waals surface area contributed by atoms with Crippen LogP contribution in [-0.4, -0.2) is 6.54 Å². The molecule has 0 spiro atoms. The molecule has 0 aliphatic rings. The highest BCUT2D eigenvalue weighted by atomic mass is 15.1. The van der Waals surface area contributed by atoms with Crippen molar-refractivity contribution in [3.05, 3.63) is 59.7 Å². The minimum atomic E-state index is 0.0873. The second-order valence-corrected chi connectivity index (χ2v) is 5.10. The molecule has 0 heterocycles. The minimum absolute atomic E-state index is 0.0873. The van der Waals surface area contributed by atoms with Gasteiger partial charge in [0.2, 0.25) is 0 Å². The molecule has 2 aromatic rings. The summed E-state index contributed by atoms with van der Waals surface area (Å²) in [5.41, 5.74) is 11.3. The van der Waals surface area contributed by atoms with Crippen LogP contribution in [0.15, 0.2) is 48.5 Å². The summed E-state index contributed by atoms with van der Waals surface area (Å²) >= 11 is 0. The van der Waals surface area contributed by atoms with Gasteiger partial charge in [0.15, 0.2) is 0 Å². The van der Waals surface area contributed by atoms with Crippen molar-refractivity contribution in [3.63, 3.8) is 0 Å². The van der Waals surface area contributed by atoms with Crippen LogP contribution >= 0.6 is 0 Å². The normalized spacial score (nSPS) is 12.2. The van der Waals surface area contributed by atoms with Crippen LogP contribution in [-0.2, 0) is 0 Å². The third-order valence-corrected chi connectivity index (χ3v) is 3.79. The molecular weight excluding hydrogens is 244 g/mol. The van der Waals surface area contributed by atoms with Crippen molar-refractivity contribution in [2.24, 2.45) is 5.73 Å². The van der Waals surface area contributed by atoms with Crippen molar-refractivity contribution in [3.8, 4) is 0 Å². The van der Waals surface area contributed by atoms with Gasteiger partial charge in [-0.05, 0) is 43.5 Å². The molecule has 0 radical (unpaired) electrons. The van der Waals surface area contributed by atoms with E-state index in [-0.39, 0.29) is 6.04 Å². The van der Waals surface area contributed by atoms with Gasteiger partial charge in [-0.25, -0.2) is 0 Å². The van der Waals surface area contributed by atoms with Gasteiger partial charge in [0.05, 0.1) is 0 Å². The zero-order valence-corrected chi connectivity index (χ0v) is 12.6. The Labute approximate surface area is 122 Å². The van der Waals surface area contributed by atoms with Crippen molar-refractivity contribution >= 4 is 11.4 Å². The fourth-order valence-electron chi connectivity index (χ4n) is 2.60. The molecule has 0 aromatic heterocycles. The van der Waals surface area contributed by atoms with Crippen molar-refractivity contribution in [1.82, 2.24) is 0 Å². The first-order valence-electron chi connectivity index (χ1n) is 7.36. The van der Waals surface area contributed by atoms with Gasteiger partial charge in [0, 0.05) is 24.0 Å². The summed E-state index contributed by atoms with van der Waals surface area (Å²) in [5, 5.41) is 0. The predicted octanol–water partition coefficient (Wildman–Crippen LogP) is 4.56. The average Bonchev–Trinajstić information content (AvgIpc) is 2.49. The van der Waals surface area contributed by atoms with Gasteiger partial charge in [-0.2, -0.15) is 0 Å². The molecule has 2 aromatic carbocycles. The van der Waals surface area contributed by atoms with E-state index in [4.69, 9.17) is 5.73 Å². The fourth-order valence-corrected chi connectivity index (χ4v) is 2.60. The largest absolute Gasteiger partial charge is 0.341 e. The number of nitrogens with zero attached hydrogens (tertiary/aromatic N) is 1. The second kappa shape index (κ2) is 6.58. The van der Waals surface area contributed by atoms with E-state index in [0.29, 0.717) is 0 Å². The van der Waals surface area contributed by atoms with E-state index in [1.807, 2.05) is 0 Å². The molecule has 0 amide bonds. The molecule has 2 rings (SSSR count). The van der Waals surface area contributed by atoms with Crippen LogP contribution in [0.1, 0.15) is 37.4 Å². The van der Waals surface area contributed by atoms with E-state index >= 15 is 0 Å². The van der Waals surface area contributed by atoms with E-state index in [1.54, 1.807) is 0 Å². The number of aryl methyl sites for hydroxylation is 1. The summed E-state index contributed by atoms with van der Waals surface area (Å²) in [6, 6.07) is 17.1. The molecule has 1 atom stereocenters. The van der Waals surface area contributed by atoms with Crippen molar-refractivity contribution in [2.45, 2.75) is 33.2 Å². The van der Waals surface area contributed by atoms with Gasteiger partial charge in [-0.3, -0.25) is 0 Å². The smallest absolute Gasteiger partial charge is 0.0459 e. The van der Waals surface area contributed by atoms with Crippen LogP contribution in [0.4, 0.5) is 11.4 Å². The molecule has 0 saturated carbocycles. The molecule has 0 fully saturated rings. The predicted molar refractivity (Wildman–Crippen MR) is 87.5 cm³/mol. The first-order chi connectivity index (χ1) is 9.69. The molecule has 0 saturated heterocycles. The molecule has 106 valence electrons. The summed E-state index contributed by atoms with van der Waals surface area (Å²) in [6.45, 7) is 7.39. The summed E-state index contributed by atoms with van der Waals surface area (Å²) in [7, 11) is 0. The number of rotatable bonds is 5. The van der Waals surface area contributed by atoms with Crippen LogP contribution in [0.25, 0.3) is 0 Å². The Kier molecular flexibility index (Phi) is 4.80. The van der Waals surface area contributed by atoms with E-state index in [0.717, 1.165) is 13.0 Å². The van der Waals surface area contributed by atoms with Crippen molar-refractivity contribution in [1.29, 1.82) is 0 Å². The summed E-state index contributed by atoms with van der Waals surface area (Å²) < 4.78 is 0. The number of hydrogen-bond donors (Lipinski definition) is 1. The van der Waals surface area contributed by atoms with Gasteiger partial charge in [-0.1, -0.05) is 43.3 Å². The van der Waals surface area contributed by atoms with Crippen molar-refractivity contribution in [2.75, 3.05) is 11.4 Å². The fraction of sp³-hybridized carbons (Fsp3) is 0.333. The minimum Gasteiger partial charge on any atom is -0.341 e. The molecule has 0 bridgehead atoms. The van der Waals surface area contributed by atoms with Crippen LogP contribution in [0.5, 0.6) is 0 Å². The molecule has 0 unspecified atom stereocenters. The van der Waals surface area contributed by atoms with Gasteiger partial charge in [0.25, 0.3) is 0 Å². The molecule has 2 nitrogen and oxygen atoms in total. The maximum Gasteiger partial charge on any atom is 0.0459 e. The average molecular weight is 268 g/mol. The van der Waals surface area contributed by atoms with Gasteiger partial charge < -0.3 is 10.6 Å². The second-order valence-electron chi connectivity index (χ2n) is 5.10. The standard InChI is InChI=1S/C18H24N2/c1-4-16(19)15-11-7-9-13-18(15)20(5-2)17-12-8-6-10-14(17)3/h6-13,16H,4-5,19H2,1-3H3/t16-/m0/s1. The maximum absolute atomic E-state index is 6.28. The lowest BCUT2D eigenvalue weighted by atomic mass is 10.0. The quantitative estimate of drug-likeness (QED) is 0.861. The van der Waals surface area contributed by atoms with Crippen molar-refractivity contribution < 1.29 is 0 Å². The number of anilines is 2. The molecular formula is C18H24N2. The Morgan fingerprint density at radius 1 is 0.950 bits per heavy atom.